The van der Waals surface area contributed by atoms with E-state index in [2.05, 4.69) is 4.98 Å². The Morgan fingerprint density at radius 3 is 2.75 bits per heavy atom. The molecule has 108 valence electrons. The fourth-order valence-electron chi connectivity index (χ4n) is 2.26. The van der Waals surface area contributed by atoms with Crippen LogP contribution in [-0.2, 0) is 16.0 Å². The third-order valence-corrected chi connectivity index (χ3v) is 3.75. The number of benzene rings is 1. The molecule has 1 atom stereocenters. The number of fused-ring (bicyclic) bond motifs is 1. The summed E-state index contributed by atoms with van der Waals surface area (Å²) >= 11 is 0. The smallest absolute Gasteiger partial charge is 0.223 e. The minimum atomic E-state index is -0.764. The van der Waals surface area contributed by atoms with Crippen LogP contribution in [0.3, 0.4) is 0 Å². The molecule has 3 N–H and O–H groups in total. The molecule has 0 aliphatic carbocycles. The van der Waals surface area contributed by atoms with Crippen molar-refractivity contribution >= 4 is 35.5 Å². The summed E-state index contributed by atoms with van der Waals surface area (Å²) in [7, 11) is 0. The molecule has 20 heavy (non-hydrogen) atoms. The molecule has 2 rings (SSSR count). The second-order valence-corrected chi connectivity index (χ2v) is 5.16. The van der Waals surface area contributed by atoms with Crippen LogP contribution in [0.25, 0.3) is 10.9 Å². The first-order chi connectivity index (χ1) is 9.07. The summed E-state index contributed by atoms with van der Waals surface area (Å²) in [5.41, 5.74) is 6.86. The number of hydrogen-bond donors (Lipinski definition) is 2. The number of aryl methyl sites for hydroxylation is 1. The van der Waals surface area contributed by atoms with Crippen molar-refractivity contribution in [1.82, 2.24) is 4.98 Å². The minimum Gasteiger partial charge on any atom is -0.369 e. The van der Waals surface area contributed by atoms with Crippen molar-refractivity contribution in [2.24, 2.45) is 11.1 Å². The number of primary amides is 1. The summed E-state index contributed by atoms with van der Waals surface area (Å²) < 4.78 is 0. The lowest BCUT2D eigenvalue weighted by Gasteiger charge is -2.23. The monoisotopic (exact) mass is 294 g/mol. The maximum atomic E-state index is 11.5. The highest BCUT2D eigenvalue weighted by molar-refractivity contribution is 5.85. The minimum absolute atomic E-state index is 0. The summed E-state index contributed by atoms with van der Waals surface area (Å²) in [4.78, 5) is 25.4. The van der Waals surface area contributed by atoms with Crippen molar-refractivity contribution in [3.8, 4) is 0 Å². The zero-order valence-corrected chi connectivity index (χ0v) is 12.2. The number of para-hydroxylation sites is 1. The third-order valence-electron chi connectivity index (χ3n) is 3.75. The number of halogens is 1. The highest BCUT2D eigenvalue weighted by Crippen LogP contribution is 2.28. The van der Waals surface area contributed by atoms with Crippen LogP contribution in [0.5, 0.6) is 0 Å². The Morgan fingerprint density at radius 2 is 2.10 bits per heavy atom. The number of carbonyl (C=O) groups is 2. The molecule has 0 unspecified atom stereocenters. The molecule has 0 fully saturated rings. The van der Waals surface area contributed by atoms with E-state index < -0.39 is 11.3 Å². The van der Waals surface area contributed by atoms with E-state index in [1.54, 1.807) is 6.92 Å². The van der Waals surface area contributed by atoms with Crippen LogP contribution in [0.2, 0.25) is 0 Å². The Balaban J connectivity index is 0.00000200. The van der Waals surface area contributed by atoms with E-state index in [0.29, 0.717) is 6.42 Å². The van der Waals surface area contributed by atoms with Gasteiger partial charge >= 0.3 is 0 Å². The van der Waals surface area contributed by atoms with E-state index in [1.165, 1.54) is 0 Å². The Kier molecular flexibility index (Phi) is 5.34. The third kappa shape index (κ3) is 3.20. The summed E-state index contributed by atoms with van der Waals surface area (Å²) in [6, 6.07) is 8.01. The molecule has 5 heteroatoms. The van der Waals surface area contributed by atoms with Gasteiger partial charge in [0.15, 0.2) is 0 Å². The first kappa shape index (κ1) is 16.2. The maximum absolute atomic E-state index is 11.5. The van der Waals surface area contributed by atoms with Gasteiger partial charge in [0.05, 0.1) is 5.41 Å². The van der Waals surface area contributed by atoms with Gasteiger partial charge in [-0.1, -0.05) is 25.1 Å². The maximum Gasteiger partial charge on any atom is 0.223 e. The van der Waals surface area contributed by atoms with Gasteiger partial charge in [0, 0.05) is 23.5 Å². The zero-order valence-electron chi connectivity index (χ0n) is 11.4. The summed E-state index contributed by atoms with van der Waals surface area (Å²) in [6.07, 6.45) is 4.18. The van der Waals surface area contributed by atoms with Gasteiger partial charge in [-0.2, -0.15) is 0 Å². The Bertz CT molecular complexity index is 609. The number of carbonyl (C=O) groups excluding carboxylic acids is 2. The zero-order chi connectivity index (χ0) is 13.9. The number of H-pyrrole nitrogens is 1. The van der Waals surface area contributed by atoms with Crippen LogP contribution in [0.4, 0.5) is 0 Å². The van der Waals surface area contributed by atoms with Gasteiger partial charge in [-0.15, -0.1) is 12.4 Å². The van der Waals surface area contributed by atoms with Crippen LogP contribution >= 0.6 is 12.4 Å². The summed E-state index contributed by atoms with van der Waals surface area (Å²) in [5.74, 6) is -0.417. The Hall–Kier alpha value is -1.81. The van der Waals surface area contributed by atoms with Gasteiger partial charge in [0.25, 0.3) is 0 Å². The number of nitrogens with one attached hydrogen (secondary N) is 1. The molecular weight excluding hydrogens is 276 g/mol. The molecule has 1 aromatic carbocycles. The molecule has 0 spiro atoms. The molecule has 0 aliphatic rings. The lowest BCUT2D eigenvalue weighted by Crippen LogP contribution is -2.35. The molecule has 1 heterocycles. The predicted molar refractivity (Wildman–Crippen MR) is 81.9 cm³/mol. The normalized spacial score (nSPS) is 13.4. The molecule has 1 amide bonds. The summed E-state index contributed by atoms with van der Waals surface area (Å²) in [5, 5.41) is 1.15. The molecular formula is C15H19ClN2O2. The molecule has 4 nitrogen and oxygen atoms in total. The van der Waals surface area contributed by atoms with Crippen LogP contribution in [0.15, 0.2) is 30.5 Å². The molecule has 0 saturated carbocycles. The molecule has 2 aromatic rings. The SMILES string of the molecule is C[C@](CC=O)(CCc1c[nH]c2ccccc12)C(N)=O.Cl. The number of amides is 1. The Morgan fingerprint density at radius 1 is 1.40 bits per heavy atom. The quantitative estimate of drug-likeness (QED) is 0.804. The first-order valence-electron chi connectivity index (χ1n) is 6.35. The van der Waals surface area contributed by atoms with Crippen molar-refractivity contribution in [2.45, 2.75) is 26.2 Å². The number of hydrogen-bond acceptors (Lipinski definition) is 2. The van der Waals surface area contributed by atoms with Crippen molar-refractivity contribution in [3.63, 3.8) is 0 Å². The van der Waals surface area contributed by atoms with Crippen molar-refractivity contribution in [1.29, 1.82) is 0 Å². The molecule has 0 radical (unpaired) electrons. The topological polar surface area (TPSA) is 75.9 Å². The average molecular weight is 295 g/mol. The highest BCUT2D eigenvalue weighted by atomic mass is 35.5. The van der Waals surface area contributed by atoms with Crippen LogP contribution in [0.1, 0.15) is 25.3 Å². The van der Waals surface area contributed by atoms with Gasteiger partial charge in [0.1, 0.15) is 6.29 Å². The number of aromatic amines is 1. The van der Waals surface area contributed by atoms with Crippen molar-refractivity contribution in [3.05, 3.63) is 36.0 Å². The number of aromatic nitrogens is 1. The second kappa shape index (κ2) is 6.57. The highest BCUT2D eigenvalue weighted by Gasteiger charge is 2.30. The van der Waals surface area contributed by atoms with E-state index in [0.717, 1.165) is 29.2 Å². The van der Waals surface area contributed by atoms with E-state index in [9.17, 15) is 9.59 Å². The van der Waals surface area contributed by atoms with Crippen molar-refractivity contribution < 1.29 is 9.59 Å². The van der Waals surface area contributed by atoms with Gasteiger partial charge < -0.3 is 15.5 Å². The van der Waals surface area contributed by atoms with Crippen LogP contribution < -0.4 is 5.73 Å². The molecule has 1 aromatic heterocycles. The van der Waals surface area contributed by atoms with E-state index in [4.69, 9.17) is 5.73 Å². The molecule has 0 bridgehead atoms. The number of aldehydes is 1. The standard InChI is InChI=1S/C15H18N2O2.ClH/c1-15(8-9-18,14(16)19)7-6-11-10-17-13-5-3-2-4-12(11)13;/h2-5,9-10,17H,6-8H2,1H3,(H2,16,19);1H/t15-;/m1./s1. The summed E-state index contributed by atoms with van der Waals surface area (Å²) in [6.45, 7) is 1.75. The van der Waals surface area contributed by atoms with E-state index in [-0.39, 0.29) is 18.8 Å². The van der Waals surface area contributed by atoms with E-state index >= 15 is 0 Å². The molecule has 0 saturated heterocycles. The van der Waals surface area contributed by atoms with Gasteiger partial charge in [0.2, 0.25) is 5.91 Å². The molecule has 0 aliphatic heterocycles. The van der Waals surface area contributed by atoms with Gasteiger partial charge in [-0.25, -0.2) is 0 Å². The van der Waals surface area contributed by atoms with E-state index in [1.807, 2.05) is 30.5 Å². The van der Waals surface area contributed by atoms with Crippen LogP contribution in [0, 0.1) is 5.41 Å². The average Bonchev–Trinajstić information content (AvgIpc) is 2.80. The second-order valence-electron chi connectivity index (χ2n) is 5.16. The number of rotatable bonds is 6. The number of nitrogens with two attached hydrogens (primary N) is 1. The van der Waals surface area contributed by atoms with Crippen LogP contribution in [-0.4, -0.2) is 17.2 Å². The lowest BCUT2D eigenvalue weighted by atomic mass is 9.81. The van der Waals surface area contributed by atoms with Gasteiger partial charge in [-0.3, -0.25) is 4.79 Å². The Labute approximate surface area is 124 Å². The fourth-order valence-corrected chi connectivity index (χ4v) is 2.26. The van der Waals surface area contributed by atoms with Gasteiger partial charge in [-0.05, 0) is 24.5 Å². The fraction of sp³-hybridized carbons (Fsp3) is 0.333. The largest absolute Gasteiger partial charge is 0.369 e. The lowest BCUT2D eigenvalue weighted by molar-refractivity contribution is -0.129. The predicted octanol–water partition coefficient (Wildman–Crippen LogP) is 2.60. The first-order valence-corrected chi connectivity index (χ1v) is 6.35. The van der Waals surface area contributed by atoms with Crippen molar-refractivity contribution in [2.75, 3.05) is 0 Å².